The number of thioether (sulfide) groups is 1. The maximum Gasteiger partial charge on any atom is 0.278 e. The minimum Gasteiger partial charge on any atom is -0.448 e. The third-order valence-corrected chi connectivity index (χ3v) is 6.69. The van der Waals surface area contributed by atoms with Gasteiger partial charge in [0.25, 0.3) is 5.85 Å². The molecule has 5 rings (SSSR count). The molecule has 2 aromatic rings. The molecule has 0 amide bonds. The number of fused-ring (bicyclic) bond motifs is 4. The Labute approximate surface area is 170 Å². The Kier molecular flexibility index (Phi) is 3.99. The van der Waals surface area contributed by atoms with Crippen LogP contribution in [0.15, 0.2) is 58.1 Å². The summed E-state index contributed by atoms with van der Waals surface area (Å²) in [5, 5.41) is 10.5. The maximum absolute atomic E-state index is 6.47. The van der Waals surface area contributed by atoms with E-state index in [-0.39, 0.29) is 6.04 Å². The van der Waals surface area contributed by atoms with Gasteiger partial charge in [-0.25, -0.2) is 5.01 Å². The molecule has 7 heteroatoms. The zero-order chi connectivity index (χ0) is 17.7. The molecule has 0 bridgehead atoms. The van der Waals surface area contributed by atoms with E-state index in [9.17, 15) is 0 Å². The molecule has 2 atom stereocenters. The van der Waals surface area contributed by atoms with E-state index in [4.69, 9.17) is 22.1 Å². The van der Waals surface area contributed by atoms with E-state index < -0.39 is 5.85 Å². The summed E-state index contributed by atoms with van der Waals surface area (Å²) in [6.45, 7) is 0. The second kappa shape index (κ2) is 6.25. The van der Waals surface area contributed by atoms with Gasteiger partial charge in [0.05, 0.1) is 11.8 Å². The summed E-state index contributed by atoms with van der Waals surface area (Å²) in [5.41, 5.74) is 3.39. The summed E-state index contributed by atoms with van der Waals surface area (Å²) in [6, 6.07) is 16.7. The molecule has 26 heavy (non-hydrogen) atoms. The van der Waals surface area contributed by atoms with E-state index in [0.717, 1.165) is 50.0 Å². The van der Waals surface area contributed by atoms with Crippen molar-refractivity contribution in [3.05, 3.63) is 64.1 Å². The van der Waals surface area contributed by atoms with Gasteiger partial charge >= 0.3 is 0 Å². The molecule has 0 aliphatic carbocycles. The minimum absolute atomic E-state index is 0.129. The van der Waals surface area contributed by atoms with Crippen molar-refractivity contribution in [1.82, 2.24) is 10.3 Å². The van der Waals surface area contributed by atoms with Crippen molar-refractivity contribution in [2.75, 3.05) is 5.75 Å². The third kappa shape index (κ3) is 2.64. The molecule has 1 N–H and O–H groups in total. The summed E-state index contributed by atoms with van der Waals surface area (Å²) in [7, 11) is 0. The first-order valence-corrected chi connectivity index (χ1v) is 10.7. The Morgan fingerprint density at radius 2 is 2.12 bits per heavy atom. The van der Waals surface area contributed by atoms with Crippen LogP contribution in [-0.2, 0) is 0 Å². The Hall–Kier alpha value is -1.57. The second-order valence-electron chi connectivity index (χ2n) is 6.56. The number of hydrogen-bond acceptors (Lipinski definition) is 5. The van der Waals surface area contributed by atoms with Crippen LogP contribution in [0.25, 0.3) is 0 Å². The van der Waals surface area contributed by atoms with Gasteiger partial charge in [-0.05, 0) is 23.8 Å². The highest BCUT2D eigenvalue weighted by atomic mass is 79.9. The van der Waals surface area contributed by atoms with Crippen LogP contribution in [0.2, 0.25) is 0 Å². The summed E-state index contributed by atoms with van der Waals surface area (Å²) >= 11 is 10.7. The fourth-order valence-electron chi connectivity index (χ4n) is 3.78. The molecule has 1 spiro atoms. The predicted molar refractivity (Wildman–Crippen MR) is 112 cm³/mol. The number of nitrogens with one attached hydrogen (secondary N) is 1. The van der Waals surface area contributed by atoms with Crippen LogP contribution >= 0.6 is 39.9 Å². The lowest BCUT2D eigenvalue weighted by Crippen LogP contribution is -2.65. The van der Waals surface area contributed by atoms with E-state index in [1.165, 1.54) is 0 Å². The molecule has 3 heterocycles. The normalized spacial score (nSPS) is 26.7. The molecular weight excluding hydrogens is 430 g/mol. The van der Waals surface area contributed by atoms with Crippen molar-refractivity contribution >= 4 is 49.9 Å². The number of rotatable bonds is 1. The molecule has 3 aliphatic heterocycles. The van der Waals surface area contributed by atoms with Gasteiger partial charge in [-0.15, -0.1) is 0 Å². The summed E-state index contributed by atoms with van der Waals surface area (Å²) in [4.78, 5) is 0. The van der Waals surface area contributed by atoms with Crippen LogP contribution in [0.4, 0.5) is 0 Å². The number of halogens is 1. The van der Waals surface area contributed by atoms with E-state index in [0.29, 0.717) is 0 Å². The van der Waals surface area contributed by atoms with Crippen molar-refractivity contribution in [3.8, 4) is 5.75 Å². The molecular formula is C19H16BrN3OS2. The van der Waals surface area contributed by atoms with Crippen LogP contribution in [0.1, 0.15) is 30.0 Å². The Morgan fingerprint density at radius 3 is 2.92 bits per heavy atom. The highest BCUT2D eigenvalue weighted by Gasteiger charge is 2.52. The van der Waals surface area contributed by atoms with Gasteiger partial charge in [0.2, 0.25) is 0 Å². The van der Waals surface area contributed by atoms with Crippen LogP contribution in [-0.4, -0.2) is 26.6 Å². The average molecular weight is 446 g/mol. The molecule has 0 aromatic heterocycles. The SMILES string of the molecule is S=C1N[C@@]2(CCS1)Oc1ccc(Br)cc1[C@@H]1CC(c3ccccc3)=NN12. The lowest BCUT2D eigenvalue weighted by Gasteiger charge is -2.49. The monoisotopic (exact) mass is 445 g/mol. The molecule has 0 radical (unpaired) electrons. The highest BCUT2D eigenvalue weighted by Crippen LogP contribution is 2.48. The van der Waals surface area contributed by atoms with Gasteiger partial charge in [-0.1, -0.05) is 70.2 Å². The van der Waals surface area contributed by atoms with Gasteiger partial charge in [-0.3, -0.25) is 0 Å². The first kappa shape index (κ1) is 16.6. The lowest BCUT2D eigenvalue weighted by molar-refractivity contribution is -0.132. The molecule has 0 unspecified atom stereocenters. The predicted octanol–water partition coefficient (Wildman–Crippen LogP) is 4.66. The standard InChI is InChI=1S/C19H16BrN3OS2/c20-13-6-7-17-14(10-13)16-11-15(12-4-2-1-3-5-12)22-23(16)19(24-17)8-9-26-18(25)21-19/h1-7,10,16H,8-9,11H2,(H,21,25)/t16-,19+/m0/s1. The van der Waals surface area contributed by atoms with Crippen molar-refractivity contribution < 1.29 is 4.74 Å². The zero-order valence-electron chi connectivity index (χ0n) is 13.8. The van der Waals surface area contributed by atoms with Gasteiger partial charge in [0.15, 0.2) is 0 Å². The van der Waals surface area contributed by atoms with Gasteiger partial charge in [0.1, 0.15) is 10.1 Å². The second-order valence-corrected chi connectivity index (χ2v) is 9.24. The largest absolute Gasteiger partial charge is 0.448 e. The molecule has 1 fully saturated rings. The number of hydrogen-bond donors (Lipinski definition) is 1. The first-order chi connectivity index (χ1) is 12.6. The molecule has 2 aromatic carbocycles. The Balaban J connectivity index is 1.63. The van der Waals surface area contributed by atoms with Crippen molar-refractivity contribution in [2.24, 2.45) is 5.10 Å². The smallest absolute Gasteiger partial charge is 0.278 e. The molecule has 132 valence electrons. The van der Waals surface area contributed by atoms with Gasteiger partial charge in [-0.2, -0.15) is 5.10 Å². The quantitative estimate of drug-likeness (QED) is 0.646. The van der Waals surface area contributed by atoms with Crippen molar-refractivity contribution in [1.29, 1.82) is 0 Å². The number of ether oxygens (including phenoxy) is 1. The average Bonchev–Trinajstić information content (AvgIpc) is 3.10. The molecule has 0 saturated carbocycles. The lowest BCUT2D eigenvalue weighted by atomic mass is 9.95. The summed E-state index contributed by atoms with van der Waals surface area (Å²) < 4.78 is 8.28. The van der Waals surface area contributed by atoms with E-state index in [2.05, 4.69) is 56.6 Å². The zero-order valence-corrected chi connectivity index (χ0v) is 17.0. The summed E-state index contributed by atoms with van der Waals surface area (Å²) in [6.07, 6.45) is 1.66. The van der Waals surface area contributed by atoms with Crippen LogP contribution in [0.5, 0.6) is 5.75 Å². The summed E-state index contributed by atoms with van der Waals surface area (Å²) in [5.74, 6) is 1.11. The van der Waals surface area contributed by atoms with Crippen molar-refractivity contribution in [3.63, 3.8) is 0 Å². The topological polar surface area (TPSA) is 36.9 Å². The van der Waals surface area contributed by atoms with Crippen LogP contribution in [0, 0.1) is 0 Å². The van der Waals surface area contributed by atoms with Crippen molar-refractivity contribution in [2.45, 2.75) is 24.7 Å². The molecule has 4 nitrogen and oxygen atoms in total. The van der Waals surface area contributed by atoms with E-state index in [1.54, 1.807) is 11.8 Å². The van der Waals surface area contributed by atoms with Gasteiger partial charge in [0, 0.05) is 28.6 Å². The third-order valence-electron chi connectivity index (χ3n) is 4.97. The number of nitrogens with zero attached hydrogens (tertiary/aromatic N) is 2. The fraction of sp³-hybridized carbons (Fsp3) is 0.263. The van der Waals surface area contributed by atoms with Gasteiger partial charge < -0.3 is 10.1 Å². The van der Waals surface area contributed by atoms with Crippen LogP contribution < -0.4 is 10.1 Å². The number of thiocarbonyl (C=S) groups is 1. The molecule has 3 aliphatic rings. The highest BCUT2D eigenvalue weighted by molar-refractivity contribution is 9.10. The number of benzene rings is 2. The maximum atomic E-state index is 6.47. The fourth-order valence-corrected chi connectivity index (χ4v) is 5.36. The van der Waals surface area contributed by atoms with E-state index in [1.807, 2.05) is 18.2 Å². The van der Waals surface area contributed by atoms with Crippen LogP contribution in [0.3, 0.4) is 0 Å². The van der Waals surface area contributed by atoms with E-state index >= 15 is 0 Å². The minimum atomic E-state index is -0.704. The first-order valence-electron chi connectivity index (χ1n) is 8.50. The number of hydrazone groups is 1. The Bertz CT molecular complexity index is 920. The Morgan fingerprint density at radius 1 is 1.27 bits per heavy atom. The molecule has 1 saturated heterocycles.